The van der Waals surface area contributed by atoms with E-state index in [1.165, 1.54) is 6.92 Å². The molecule has 0 unspecified atom stereocenters. The van der Waals surface area contributed by atoms with Crippen molar-refractivity contribution in [1.82, 2.24) is 5.32 Å². The molecule has 1 aliphatic heterocycles. The van der Waals surface area contributed by atoms with E-state index in [1.54, 1.807) is 36.4 Å². The van der Waals surface area contributed by atoms with Gasteiger partial charge in [-0.05, 0) is 47.9 Å². The number of hydrogen-bond acceptors (Lipinski definition) is 3. The maximum Gasteiger partial charge on any atom is 0.255 e. The molecule has 5 nitrogen and oxygen atoms in total. The number of amides is 2. The fourth-order valence-electron chi connectivity index (χ4n) is 3.41. The van der Waals surface area contributed by atoms with Crippen LogP contribution in [-0.2, 0) is 6.54 Å². The molecule has 0 saturated heterocycles. The van der Waals surface area contributed by atoms with Crippen molar-refractivity contribution in [3.63, 3.8) is 0 Å². The number of ketones is 1. The summed E-state index contributed by atoms with van der Waals surface area (Å²) in [5, 5.41) is 5.67. The van der Waals surface area contributed by atoms with E-state index in [-0.39, 0.29) is 17.6 Å². The molecule has 0 aliphatic carbocycles. The highest BCUT2D eigenvalue weighted by Gasteiger charge is 2.27. The van der Waals surface area contributed by atoms with Crippen molar-refractivity contribution in [2.75, 3.05) is 5.32 Å². The van der Waals surface area contributed by atoms with E-state index in [9.17, 15) is 14.4 Å². The second kappa shape index (κ2) is 7.12. The standard InChI is InChI=1S/C23H18N2O3/c1-14(26)16-8-5-9-17(12-16)18-10-11-20(21-19(18)13-24-23(21)28)25-22(27)15-6-3-2-4-7-15/h2-12H,13H2,1H3,(H,24,28)(H,25,27). The zero-order valence-electron chi connectivity index (χ0n) is 15.3. The van der Waals surface area contributed by atoms with E-state index in [4.69, 9.17) is 0 Å². The zero-order valence-corrected chi connectivity index (χ0v) is 15.3. The Labute approximate surface area is 162 Å². The summed E-state index contributed by atoms with van der Waals surface area (Å²) in [5.41, 5.74) is 4.63. The molecule has 0 saturated carbocycles. The van der Waals surface area contributed by atoms with Gasteiger partial charge in [0.25, 0.3) is 11.8 Å². The average Bonchev–Trinajstić information content (AvgIpc) is 3.11. The largest absolute Gasteiger partial charge is 0.348 e. The third-order valence-corrected chi connectivity index (χ3v) is 4.83. The lowest BCUT2D eigenvalue weighted by Gasteiger charge is -2.13. The van der Waals surface area contributed by atoms with Gasteiger partial charge in [-0.25, -0.2) is 0 Å². The maximum absolute atomic E-state index is 12.5. The predicted molar refractivity (Wildman–Crippen MR) is 107 cm³/mol. The van der Waals surface area contributed by atoms with Crippen LogP contribution in [0.2, 0.25) is 0 Å². The van der Waals surface area contributed by atoms with E-state index in [0.717, 1.165) is 16.7 Å². The monoisotopic (exact) mass is 370 g/mol. The highest BCUT2D eigenvalue weighted by Crippen LogP contribution is 2.34. The molecule has 4 rings (SSSR count). The Bertz CT molecular complexity index is 1100. The number of anilines is 1. The first kappa shape index (κ1) is 17.7. The van der Waals surface area contributed by atoms with Gasteiger partial charge < -0.3 is 10.6 Å². The van der Waals surface area contributed by atoms with Crippen LogP contribution in [0.3, 0.4) is 0 Å². The van der Waals surface area contributed by atoms with Gasteiger partial charge in [0.05, 0.1) is 11.3 Å². The van der Waals surface area contributed by atoms with Crippen LogP contribution in [0.1, 0.15) is 43.6 Å². The SMILES string of the molecule is CC(=O)c1cccc(-c2ccc(NC(=O)c3ccccc3)c3c2CNC3=O)c1. The Morgan fingerprint density at radius 3 is 2.43 bits per heavy atom. The number of fused-ring (bicyclic) bond motifs is 1. The number of carbonyl (C=O) groups is 3. The van der Waals surface area contributed by atoms with Gasteiger partial charge in [-0.1, -0.05) is 42.5 Å². The van der Waals surface area contributed by atoms with Crippen molar-refractivity contribution >= 4 is 23.3 Å². The lowest BCUT2D eigenvalue weighted by molar-refractivity contribution is 0.0965. The van der Waals surface area contributed by atoms with Crippen LogP contribution in [0.25, 0.3) is 11.1 Å². The molecule has 0 fully saturated rings. The van der Waals surface area contributed by atoms with Crippen molar-refractivity contribution in [1.29, 1.82) is 0 Å². The molecule has 1 heterocycles. The van der Waals surface area contributed by atoms with Crippen molar-refractivity contribution in [3.8, 4) is 11.1 Å². The van der Waals surface area contributed by atoms with E-state index < -0.39 is 0 Å². The Morgan fingerprint density at radius 1 is 0.929 bits per heavy atom. The minimum Gasteiger partial charge on any atom is -0.348 e. The second-order valence-electron chi connectivity index (χ2n) is 6.65. The van der Waals surface area contributed by atoms with E-state index in [2.05, 4.69) is 10.6 Å². The van der Waals surface area contributed by atoms with Gasteiger partial charge in [0.15, 0.2) is 5.78 Å². The quantitative estimate of drug-likeness (QED) is 0.680. The Kier molecular flexibility index (Phi) is 4.49. The molecule has 5 heteroatoms. The molecule has 3 aromatic carbocycles. The zero-order chi connectivity index (χ0) is 19.7. The smallest absolute Gasteiger partial charge is 0.255 e. The predicted octanol–water partition coefficient (Wildman–Crippen LogP) is 4.05. The number of benzene rings is 3. The lowest BCUT2D eigenvalue weighted by atomic mass is 9.94. The highest BCUT2D eigenvalue weighted by molar-refractivity contribution is 6.11. The number of hydrogen-bond donors (Lipinski definition) is 2. The number of nitrogens with one attached hydrogen (secondary N) is 2. The molecular formula is C23H18N2O3. The third-order valence-electron chi connectivity index (χ3n) is 4.83. The molecule has 3 aromatic rings. The first-order valence-electron chi connectivity index (χ1n) is 8.96. The fraction of sp³-hybridized carbons (Fsp3) is 0.0870. The Morgan fingerprint density at radius 2 is 1.68 bits per heavy atom. The molecule has 2 N–H and O–H groups in total. The molecule has 0 bridgehead atoms. The topological polar surface area (TPSA) is 75.3 Å². The summed E-state index contributed by atoms with van der Waals surface area (Å²) in [6.07, 6.45) is 0. The van der Waals surface area contributed by atoms with Gasteiger partial charge in [-0.15, -0.1) is 0 Å². The summed E-state index contributed by atoms with van der Waals surface area (Å²) >= 11 is 0. The normalized spacial score (nSPS) is 12.2. The summed E-state index contributed by atoms with van der Waals surface area (Å²) in [5.74, 6) is -0.504. The first-order chi connectivity index (χ1) is 13.5. The molecule has 0 spiro atoms. The van der Waals surface area contributed by atoms with Gasteiger partial charge in [0.2, 0.25) is 0 Å². The summed E-state index contributed by atoms with van der Waals surface area (Å²) < 4.78 is 0. The first-order valence-corrected chi connectivity index (χ1v) is 8.96. The Hall–Kier alpha value is -3.73. The van der Waals surface area contributed by atoms with E-state index in [0.29, 0.717) is 28.9 Å². The molecular weight excluding hydrogens is 352 g/mol. The van der Waals surface area contributed by atoms with Crippen molar-refractivity contribution < 1.29 is 14.4 Å². The molecule has 0 atom stereocenters. The van der Waals surface area contributed by atoms with Gasteiger partial charge in [-0.3, -0.25) is 14.4 Å². The fourth-order valence-corrected chi connectivity index (χ4v) is 3.41. The van der Waals surface area contributed by atoms with Crippen LogP contribution in [0.4, 0.5) is 5.69 Å². The van der Waals surface area contributed by atoms with Crippen LogP contribution in [-0.4, -0.2) is 17.6 Å². The molecule has 1 aliphatic rings. The molecule has 0 radical (unpaired) electrons. The number of Topliss-reactive ketones (excluding diaryl/α,β-unsaturated/α-hetero) is 1. The highest BCUT2D eigenvalue weighted by atomic mass is 16.2. The van der Waals surface area contributed by atoms with E-state index in [1.807, 2.05) is 30.3 Å². The maximum atomic E-state index is 12.5. The van der Waals surface area contributed by atoms with Crippen LogP contribution in [0.15, 0.2) is 66.7 Å². The number of rotatable bonds is 4. The molecule has 138 valence electrons. The number of carbonyl (C=O) groups excluding carboxylic acids is 3. The van der Waals surface area contributed by atoms with Crippen molar-refractivity contribution in [2.24, 2.45) is 0 Å². The van der Waals surface area contributed by atoms with Crippen LogP contribution < -0.4 is 10.6 Å². The van der Waals surface area contributed by atoms with E-state index >= 15 is 0 Å². The van der Waals surface area contributed by atoms with Gasteiger partial charge in [-0.2, -0.15) is 0 Å². The molecule has 2 amide bonds. The van der Waals surface area contributed by atoms with Gasteiger partial charge >= 0.3 is 0 Å². The average molecular weight is 370 g/mol. The second-order valence-corrected chi connectivity index (χ2v) is 6.65. The summed E-state index contributed by atoms with van der Waals surface area (Å²) in [7, 11) is 0. The summed E-state index contributed by atoms with van der Waals surface area (Å²) in [6, 6.07) is 19.8. The van der Waals surface area contributed by atoms with Crippen LogP contribution in [0, 0.1) is 0 Å². The van der Waals surface area contributed by atoms with Crippen molar-refractivity contribution in [2.45, 2.75) is 13.5 Å². The summed E-state index contributed by atoms with van der Waals surface area (Å²) in [4.78, 5) is 36.7. The van der Waals surface area contributed by atoms with Crippen LogP contribution >= 0.6 is 0 Å². The van der Waals surface area contributed by atoms with Gasteiger partial charge in [0.1, 0.15) is 0 Å². The minimum atomic E-state index is -0.270. The minimum absolute atomic E-state index is 0.0144. The van der Waals surface area contributed by atoms with Crippen molar-refractivity contribution in [3.05, 3.63) is 89.0 Å². The Balaban J connectivity index is 1.75. The third kappa shape index (κ3) is 3.18. The van der Waals surface area contributed by atoms with Crippen LogP contribution in [0.5, 0.6) is 0 Å². The molecule has 0 aromatic heterocycles. The molecule has 28 heavy (non-hydrogen) atoms. The summed E-state index contributed by atoms with van der Waals surface area (Å²) in [6.45, 7) is 1.90. The lowest BCUT2D eigenvalue weighted by Crippen LogP contribution is -2.17. The van der Waals surface area contributed by atoms with Gasteiger partial charge in [0, 0.05) is 17.7 Å².